The van der Waals surface area contributed by atoms with E-state index < -0.39 is 18.4 Å². The number of hydrogen-bond acceptors (Lipinski definition) is 7. The molecule has 0 saturated carbocycles. The van der Waals surface area contributed by atoms with Crippen LogP contribution < -0.4 is 14.8 Å². The lowest BCUT2D eigenvalue weighted by molar-refractivity contribution is -0.0859. The summed E-state index contributed by atoms with van der Waals surface area (Å²) < 4.78 is 49.1. The van der Waals surface area contributed by atoms with Crippen molar-refractivity contribution in [2.45, 2.75) is 18.8 Å². The van der Waals surface area contributed by atoms with Gasteiger partial charge in [0.1, 0.15) is 0 Å². The molecule has 1 fully saturated rings. The van der Waals surface area contributed by atoms with Crippen LogP contribution in [0.2, 0.25) is 0 Å². The largest absolute Gasteiger partial charge is 0.493 e. The number of halogens is 2. The van der Waals surface area contributed by atoms with Gasteiger partial charge in [0.05, 0.1) is 20.8 Å². The van der Waals surface area contributed by atoms with Crippen molar-refractivity contribution in [3.05, 3.63) is 18.2 Å². The molecule has 1 N–H and O–H groups in total. The van der Waals surface area contributed by atoms with Crippen LogP contribution in [0.4, 0.5) is 14.8 Å². The van der Waals surface area contributed by atoms with Gasteiger partial charge in [-0.25, -0.2) is 8.78 Å². The van der Waals surface area contributed by atoms with Crippen molar-refractivity contribution < 1.29 is 27.5 Å². The molecule has 1 aromatic heterocycles. The summed E-state index contributed by atoms with van der Waals surface area (Å²) in [6.07, 6.45) is 0.685. The van der Waals surface area contributed by atoms with Gasteiger partial charge in [-0.1, -0.05) is 5.16 Å². The Kier molecular flexibility index (Phi) is 5.55. The molecule has 0 spiro atoms. The maximum absolute atomic E-state index is 14.3. The van der Waals surface area contributed by atoms with E-state index >= 15 is 0 Å². The number of nitrogens with zero attached hydrogens (tertiary/aromatic N) is 2. The first-order valence-corrected chi connectivity index (χ1v) is 8.29. The number of aromatic nitrogens is 2. The Hall–Kier alpha value is -2.42. The van der Waals surface area contributed by atoms with E-state index in [-0.39, 0.29) is 11.8 Å². The van der Waals surface area contributed by atoms with Crippen molar-refractivity contribution in [1.82, 2.24) is 10.1 Å². The summed E-state index contributed by atoms with van der Waals surface area (Å²) in [5, 5.41) is 6.36. The number of nitrogens with one attached hydrogen (secondary N) is 1. The van der Waals surface area contributed by atoms with E-state index in [0.29, 0.717) is 43.1 Å². The summed E-state index contributed by atoms with van der Waals surface area (Å²) in [4.78, 5) is 4.12. The fraction of sp³-hybridized carbons (Fsp3) is 0.529. The highest BCUT2D eigenvalue weighted by Crippen LogP contribution is 2.33. The third kappa shape index (κ3) is 4.04. The Morgan fingerprint density at radius 2 is 1.92 bits per heavy atom. The van der Waals surface area contributed by atoms with E-state index in [0.717, 1.165) is 0 Å². The maximum atomic E-state index is 14.3. The first-order valence-electron chi connectivity index (χ1n) is 8.29. The predicted molar refractivity (Wildman–Crippen MR) is 89.8 cm³/mol. The first-order chi connectivity index (χ1) is 12.5. The predicted octanol–water partition coefficient (Wildman–Crippen LogP) is 3.23. The molecule has 0 radical (unpaired) electrons. The molecular weight excluding hydrogens is 348 g/mol. The number of ether oxygens (including phenoxy) is 3. The highest BCUT2D eigenvalue weighted by molar-refractivity contribution is 5.61. The van der Waals surface area contributed by atoms with Crippen LogP contribution in [-0.4, -0.2) is 50.0 Å². The zero-order valence-electron chi connectivity index (χ0n) is 14.6. The SMILES string of the molecule is COc1ccc(-c2noc(NCC(F)(F)C3CCOCC3)n2)cc1OC. The van der Waals surface area contributed by atoms with E-state index in [1.807, 2.05) is 0 Å². The monoisotopic (exact) mass is 369 g/mol. The first kappa shape index (κ1) is 18.4. The molecule has 9 heteroatoms. The van der Waals surface area contributed by atoms with Crippen molar-refractivity contribution in [3.8, 4) is 22.9 Å². The van der Waals surface area contributed by atoms with E-state index in [1.165, 1.54) is 14.2 Å². The number of rotatable bonds is 7. The molecule has 1 aromatic carbocycles. The molecule has 0 aliphatic carbocycles. The smallest absolute Gasteiger partial charge is 0.321 e. The van der Waals surface area contributed by atoms with Gasteiger partial charge >= 0.3 is 6.01 Å². The molecule has 2 heterocycles. The lowest BCUT2D eigenvalue weighted by Crippen LogP contribution is -2.39. The van der Waals surface area contributed by atoms with Gasteiger partial charge in [-0.3, -0.25) is 0 Å². The second kappa shape index (κ2) is 7.86. The zero-order valence-corrected chi connectivity index (χ0v) is 14.6. The third-order valence-corrected chi connectivity index (χ3v) is 4.36. The quantitative estimate of drug-likeness (QED) is 0.803. The Balaban J connectivity index is 1.66. The number of methoxy groups -OCH3 is 2. The normalized spacial score (nSPS) is 15.7. The summed E-state index contributed by atoms with van der Waals surface area (Å²) in [7, 11) is 3.05. The summed E-state index contributed by atoms with van der Waals surface area (Å²) >= 11 is 0. The maximum Gasteiger partial charge on any atom is 0.321 e. The Labute approximate surface area is 149 Å². The molecule has 1 saturated heterocycles. The molecule has 0 unspecified atom stereocenters. The molecule has 0 amide bonds. The fourth-order valence-corrected chi connectivity index (χ4v) is 2.85. The summed E-state index contributed by atoms with van der Waals surface area (Å²) in [6.45, 7) is 0.166. The number of benzene rings is 1. The summed E-state index contributed by atoms with van der Waals surface area (Å²) in [6, 6.07) is 5.06. The van der Waals surface area contributed by atoms with Crippen LogP contribution >= 0.6 is 0 Å². The topological polar surface area (TPSA) is 78.6 Å². The van der Waals surface area contributed by atoms with E-state index in [9.17, 15) is 8.78 Å². The minimum atomic E-state index is -2.87. The van der Waals surface area contributed by atoms with Gasteiger partial charge in [-0.15, -0.1) is 0 Å². The minimum absolute atomic E-state index is 0.0541. The molecule has 1 aliphatic rings. The highest BCUT2D eigenvalue weighted by atomic mass is 19.3. The Morgan fingerprint density at radius 1 is 1.19 bits per heavy atom. The third-order valence-electron chi connectivity index (χ3n) is 4.36. The minimum Gasteiger partial charge on any atom is -0.493 e. The van der Waals surface area contributed by atoms with Crippen LogP contribution in [0.5, 0.6) is 11.5 Å². The lowest BCUT2D eigenvalue weighted by Gasteiger charge is -2.29. The Morgan fingerprint density at radius 3 is 2.62 bits per heavy atom. The van der Waals surface area contributed by atoms with Crippen LogP contribution in [0.15, 0.2) is 22.7 Å². The number of alkyl halides is 2. The molecule has 0 atom stereocenters. The van der Waals surface area contributed by atoms with Gasteiger partial charge in [-0.05, 0) is 31.0 Å². The fourth-order valence-electron chi connectivity index (χ4n) is 2.85. The van der Waals surface area contributed by atoms with Gasteiger partial charge in [0.25, 0.3) is 5.92 Å². The average molecular weight is 369 g/mol. The second-order valence-electron chi connectivity index (χ2n) is 5.99. The zero-order chi connectivity index (χ0) is 18.6. The molecule has 26 heavy (non-hydrogen) atoms. The van der Waals surface area contributed by atoms with Crippen LogP contribution in [0.1, 0.15) is 12.8 Å². The van der Waals surface area contributed by atoms with E-state index in [2.05, 4.69) is 15.5 Å². The molecular formula is C17H21F2N3O4. The molecule has 7 nitrogen and oxygen atoms in total. The Bertz CT molecular complexity index is 733. The van der Waals surface area contributed by atoms with Crippen molar-refractivity contribution in [2.24, 2.45) is 5.92 Å². The van der Waals surface area contributed by atoms with Crippen LogP contribution in [0, 0.1) is 5.92 Å². The second-order valence-corrected chi connectivity index (χ2v) is 5.99. The molecule has 2 aromatic rings. The van der Waals surface area contributed by atoms with Gasteiger partial charge in [0.15, 0.2) is 11.5 Å². The summed E-state index contributed by atoms with van der Waals surface area (Å²) in [5.74, 6) is -2.24. The van der Waals surface area contributed by atoms with Crippen molar-refractivity contribution in [1.29, 1.82) is 0 Å². The van der Waals surface area contributed by atoms with Gasteiger partial charge in [0, 0.05) is 24.7 Å². The van der Waals surface area contributed by atoms with Gasteiger partial charge in [0.2, 0.25) is 5.82 Å². The average Bonchev–Trinajstić information content (AvgIpc) is 3.16. The van der Waals surface area contributed by atoms with E-state index in [4.69, 9.17) is 18.7 Å². The van der Waals surface area contributed by atoms with Crippen LogP contribution in [0.3, 0.4) is 0 Å². The van der Waals surface area contributed by atoms with Crippen LogP contribution in [-0.2, 0) is 4.74 Å². The summed E-state index contributed by atoms with van der Waals surface area (Å²) in [5.41, 5.74) is 0.621. The number of anilines is 1. The molecule has 3 rings (SSSR count). The lowest BCUT2D eigenvalue weighted by atomic mass is 9.93. The highest BCUT2D eigenvalue weighted by Gasteiger charge is 2.40. The van der Waals surface area contributed by atoms with Crippen LogP contribution in [0.25, 0.3) is 11.4 Å². The standard InChI is InChI=1S/C17H21F2N3O4/c1-23-13-4-3-11(9-14(13)24-2)15-21-16(26-22-15)20-10-17(18,19)12-5-7-25-8-6-12/h3-4,9,12H,5-8,10H2,1-2H3,(H,20,21,22). The van der Waals surface area contributed by atoms with Crippen molar-refractivity contribution in [3.63, 3.8) is 0 Å². The van der Waals surface area contributed by atoms with E-state index in [1.54, 1.807) is 18.2 Å². The molecule has 0 bridgehead atoms. The molecule has 1 aliphatic heterocycles. The van der Waals surface area contributed by atoms with Crippen molar-refractivity contribution in [2.75, 3.05) is 39.3 Å². The number of hydrogen-bond donors (Lipinski definition) is 1. The van der Waals surface area contributed by atoms with Gasteiger partial charge < -0.3 is 24.1 Å². The van der Waals surface area contributed by atoms with Gasteiger partial charge in [-0.2, -0.15) is 4.98 Å². The molecule has 142 valence electrons. The van der Waals surface area contributed by atoms with Crippen molar-refractivity contribution >= 4 is 6.01 Å².